The highest BCUT2D eigenvalue weighted by Gasteiger charge is 2.35. The topological polar surface area (TPSA) is 40.5 Å². The lowest BCUT2D eigenvalue weighted by molar-refractivity contribution is -0.142. The molecule has 11 heavy (non-hydrogen) atoms. The molecule has 1 fully saturated rings. The first-order valence-corrected chi connectivity index (χ1v) is 3.76. The van der Waals surface area contributed by atoms with E-state index in [0.29, 0.717) is 6.54 Å². The van der Waals surface area contributed by atoms with E-state index in [4.69, 9.17) is 5.11 Å². The van der Waals surface area contributed by atoms with Crippen LogP contribution in [0.3, 0.4) is 0 Å². The number of likely N-dealkylation sites (N-methyl/N-ethyl adjacent to an activating group) is 1. The van der Waals surface area contributed by atoms with Crippen LogP contribution in [0.1, 0.15) is 13.3 Å². The lowest BCUT2D eigenvalue weighted by Crippen LogP contribution is -2.35. The highest BCUT2D eigenvalue weighted by Crippen LogP contribution is 2.19. The van der Waals surface area contributed by atoms with Crippen molar-refractivity contribution in [2.24, 2.45) is 0 Å². The van der Waals surface area contributed by atoms with Gasteiger partial charge in [0, 0.05) is 13.0 Å². The fourth-order valence-corrected chi connectivity index (χ4v) is 1.45. The molecule has 0 aromatic carbocycles. The summed E-state index contributed by atoms with van der Waals surface area (Å²) in [6.45, 7) is 2.72. The van der Waals surface area contributed by atoms with Gasteiger partial charge in [0.1, 0.15) is 12.2 Å². The van der Waals surface area contributed by atoms with Crippen LogP contribution in [0.25, 0.3) is 0 Å². The minimum absolute atomic E-state index is 0.142. The fraction of sp³-hybridized carbons (Fsp3) is 0.857. The van der Waals surface area contributed by atoms with Crippen molar-refractivity contribution < 1.29 is 14.3 Å². The third-order valence-corrected chi connectivity index (χ3v) is 2.04. The molecule has 3 nitrogen and oxygen atoms in total. The number of hydrogen-bond donors (Lipinski definition) is 1. The quantitative estimate of drug-likeness (QED) is 0.641. The molecule has 1 aliphatic heterocycles. The molecule has 2 atom stereocenters. The van der Waals surface area contributed by atoms with Crippen molar-refractivity contribution in [1.29, 1.82) is 0 Å². The zero-order chi connectivity index (χ0) is 8.43. The summed E-state index contributed by atoms with van der Waals surface area (Å²) < 4.78 is 12.7. The minimum Gasteiger partial charge on any atom is -0.480 e. The van der Waals surface area contributed by atoms with Gasteiger partial charge in [-0.15, -0.1) is 0 Å². The highest BCUT2D eigenvalue weighted by molar-refractivity contribution is 5.73. The molecule has 1 aliphatic rings. The summed E-state index contributed by atoms with van der Waals surface area (Å²) >= 11 is 0. The van der Waals surface area contributed by atoms with E-state index in [1.54, 1.807) is 4.90 Å². The number of rotatable bonds is 2. The number of halogens is 1. The van der Waals surface area contributed by atoms with Gasteiger partial charge in [-0.25, -0.2) is 4.39 Å². The Morgan fingerprint density at radius 3 is 2.82 bits per heavy atom. The first-order valence-electron chi connectivity index (χ1n) is 3.76. The number of likely N-dealkylation sites (tertiary alicyclic amines) is 1. The van der Waals surface area contributed by atoms with Gasteiger partial charge >= 0.3 is 5.97 Å². The van der Waals surface area contributed by atoms with Gasteiger partial charge in [0.2, 0.25) is 0 Å². The smallest absolute Gasteiger partial charge is 0.321 e. The molecule has 1 N–H and O–H groups in total. The Labute approximate surface area is 64.8 Å². The van der Waals surface area contributed by atoms with Gasteiger partial charge in [-0.1, -0.05) is 6.92 Å². The monoisotopic (exact) mass is 161 g/mol. The lowest BCUT2D eigenvalue weighted by Gasteiger charge is -2.17. The molecule has 0 radical (unpaired) electrons. The van der Waals surface area contributed by atoms with Crippen molar-refractivity contribution in [2.75, 3.05) is 13.1 Å². The Morgan fingerprint density at radius 2 is 2.45 bits per heavy atom. The van der Waals surface area contributed by atoms with E-state index in [0.717, 1.165) is 0 Å². The minimum atomic E-state index is -0.962. The highest BCUT2D eigenvalue weighted by atomic mass is 19.1. The maximum Gasteiger partial charge on any atom is 0.321 e. The van der Waals surface area contributed by atoms with Crippen LogP contribution in [0, 0.1) is 0 Å². The largest absolute Gasteiger partial charge is 0.480 e. The number of hydrogen-bond acceptors (Lipinski definition) is 2. The molecule has 1 rings (SSSR count). The van der Waals surface area contributed by atoms with E-state index in [-0.39, 0.29) is 13.0 Å². The predicted octanol–water partition coefficient (Wildman–Crippen LogP) is 0.503. The van der Waals surface area contributed by atoms with E-state index in [1.165, 1.54) is 0 Å². The van der Waals surface area contributed by atoms with Gasteiger partial charge in [0.15, 0.2) is 0 Å². The van der Waals surface area contributed by atoms with E-state index in [9.17, 15) is 9.18 Å². The van der Waals surface area contributed by atoms with Crippen molar-refractivity contribution in [1.82, 2.24) is 4.90 Å². The molecule has 0 aliphatic carbocycles. The van der Waals surface area contributed by atoms with Crippen molar-refractivity contribution in [3.8, 4) is 0 Å². The van der Waals surface area contributed by atoms with Crippen molar-refractivity contribution in [3.63, 3.8) is 0 Å². The van der Waals surface area contributed by atoms with Crippen LogP contribution in [0.15, 0.2) is 0 Å². The van der Waals surface area contributed by atoms with Crippen LogP contribution in [-0.2, 0) is 4.79 Å². The molecule has 0 aromatic heterocycles. The maximum atomic E-state index is 12.7. The van der Waals surface area contributed by atoms with Gasteiger partial charge in [-0.2, -0.15) is 0 Å². The van der Waals surface area contributed by atoms with Crippen molar-refractivity contribution in [2.45, 2.75) is 25.6 Å². The molecule has 0 saturated carbocycles. The fourth-order valence-electron chi connectivity index (χ4n) is 1.45. The van der Waals surface area contributed by atoms with Crippen LogP contribution in [0.4, 0.5) is 4.39 Å². The summed E-state index contributed by atoms with van der Waals surface area (Å²) in [6.07, 6.45) is -0.820. The molecule has 0 spiro atoms. The second kappa shape index (κ2) is 3.17. The molecular formula is C7H12FNO2. The second-order valence-electron chi connectivity index (χ2n) is 2.77. The van der Waals surface area contributed by atoms with E-state index < -0.39 is 18.2 Å². The van der Waals surface area contributed by atoms with Crippen LogP contribution in [-0.4, -0.2) is 41.3 Å². The summed E-state index contributed by atoms with van der Waals surface area (Å²) in [5.74, 6) is -0.910. The molecule has 64 valence electrons. The molecule has 0 bridgehead atoms. The summed E-state index contributed by atoms with van der Waals surface area (Å²) in [5, 5.41) is 8.62. The summed E-state index contributed by atoms with van der Waals surface area (Å²) in [6, 6.07) is -0.602. The number of carbonyl (C=O) groups is 1. The van der Waals surface area contributed by atoms with E-state index >= 15 is 0 Å². The first kappa shape index (κ1) is 8.46. The predicted molar refractivity (Wildman–Crippen MR) is 38.2 cm³/mol. The summed E-state index contributed by atoms with van der Waals surface area (Å²) in [7, 11) is 0. The summed E-state index contributed by atoms with van der Waals surface area (Å²) in [5.41, 5.74) is 0. The lowest BCUT2D eigenvalue weighted by atomic mass is 10.2. The van der Waals surface area contributed by atoms with Gasteiger partial charge < -0.3 is 5.11 Å². The summed E-state index contributed by atoms with van der Waals surface area (Å²) in [4.78, 5) is 12.2. The van der Waals surface area contributed by atoms with E-state index in [1.807, 2.05) is 6.92 Å². The number of nitrogens with zero attached hydrogens (tertiary/aromatic N) is 1. The van der Waals surface area contributed by atoms with Gasteiger partial charge in [-0.05, 0) is 6.54 Å². The molecule has 0 amide bonds. The molecular weight excluding hydrogens is 149 g/mol. The van der Waals surface area contributed by atoms with Crippen LogP contribution >= 0.6 is 0 Å². The Morgan fingerprint density at radius 1 is 1.82 bits per heavy atom. The molecule has 1 saturated heterocycles. The van der Waals surface area contributed by atoms with Gasteiger partial charge in [0.05, 0.1) is 0 Å². The van der Waals surface area contributed by atoms with Gasteiger partial charge in [-0.3, -0.25) is 9.69 Å². The Balaban J connectivity index is 2.57. The molecule has 1 heterocycles. The standard InChI is InChI=1S/C7H12FNO2/c1-2-9-4-5(8)3-6(9)7(10)11/h5-6H,2-4H2,1H3,(H,10,11). The van der Waals surface area contributed by atoms with E-state index in [2.05, 4.69) is 0 Å². The number of carboxylic acids is 1. The first-order chi connectivity index (χ1) is 5.15. The molecule has 2 unspecified atom stereocenters. The van der Waals surface area contributed by atoms with Crippen molar-refractivity contribution in [3.05, 3.63) is 0 Å². The Bertz CT molecular complexity index is 163. The number of aliphatic carboxylic acids is 1. The average Bonchev–Trinajstić information content (AvgIpc) is 2.30. The van der Waals surface area contributed by atoms with Gasteiger partial charge in [0.25, 0.3) is 0 Å². The third kappa shape index (κ3) is 1.68. The zero-order valence-electron chi connectivity index (χ0n) is 6.46. The molecule has 4 heteroatoms. The second-order valence-corrected chi connectivity index (χ2v) is 2.77. The SMILES string of the molecule is CCN1CC(F)CC1C(=O)O. The maximum absolute atomic E-state index is 12.7. The van der Waals surface area contributed by atoms with Crippen molar-refractivity contribution >= 4 is 5.97 Å². The third-order valence-electron chi connectivity index (χ3n) is 2.04. The Kier molecular flexibility index (Phi) is 2.44. The van der Waals surface area contributed by atoms with Crippen LogP contribution in [0.2, 0.25) is 0 Å². The average molecular weight is 161 g/mol. The molecule has 0 aromatic rings. The van der Waals surface area contributed by atoms with Crippen LogP contribution < -0.4 is 0 Å². The zero-order valence-corrected chi connectivity index (χ0v) is 6.46. The normalized spacial score (nSPS) is 32.5. The van der Waals surface area contributed by atoms with Crippen LogP contribution in [0.5, 0.6) is 0 Å². The number of alkyl halides is 1. The Hall–Kier alpha value is -0.640. The number of carboxylic acid groups (broad SMARTS) is 1.